The van der Waals surface area contributed by atoms with Crippen LogP contribution in [0.25, 0.3) is 11.4 Å². The number of benzene rings is 2. The Kier molecular flexibility index (Phi) is 11.5. The maximum absolute atomic E-state index is 12.8. The first-order valence-corrected chi connectivity index (χ1v) is 15.4. The monoisotopic (exact) mass is 660 g/mol. The maximum atomic E-state index is 12.8. The van der Waals surface area contributed by atoms with Crippen molar-refractivity contribution in [1.29, 1.82) is 0 Å². The van der Waals surface area contributed by atoms with Gasteiger partial charge in [0.15, 0.2) is 6.61 Å². The van der Waals surface area contributed by atoms with E-state index in [0.717, 1.165) is 37.8 Å². The number of aromatic nitrogens is 2. The summed E-state index contributed by atoms with van der Waals surface area (Å²) in [5, 5.41) is 12.9. The van der Waals surface area contributed by atoms with Gasteiger partial charge in [0, 0.05) is 18.7 Å². The van der Waals surface area contributed by atoms with Gasteiger partial charge in [-0.15, -0.1) is 0 Å². The first-order valence-electron chi connectivity index (χ1n) is 15.4. The number of carbonyl (C=O) groups excluding carboxylic acids is 2. The molecule has 11 nitrogen and oxygen atoms in total. The van der Waals surface area contributed by atoms with Gasteiger partial charge < -0.3 is 24.0 Å². The van der Waals surface area contributed by atoms with Crippen LogP contribution in [0.4, 0.5) is 18.0 Å². The smallest absolute Gasteiger partial charge is 0.416 e. The molecule has 1 aromatic heterocycles. The van der Waals surface area contributed by atoms with E-state index in [1.165, 1.54) is 17.0 Å². The van der Waals surface area contributed by atoms with E-state index >= 15 is 0 Å². The number of carbonyl (C=O) groups is 3. The minimum Gasteiger partial charge on any atom is -0.484 e. The summed E-state index contributed by atoms with van der Waals surface area (Å²) in [4.78, 5) is 42.9. The van der Waals surface area contributed by atoms with Crippen molar-refractivity contribution in [2.45, 2.75) is 83.2 Å². The lowest BCUT2D eigenvalue weighted by molar-refractivity contribution is -0.144. The molecule has 0 unspecified atom stereocenters. The number of carboxylic acids is 1. The van der Waals surface area contributed by atoms with Crippen LogP contribution >= 0.6 is 0 Å². The Morgan fingerprint density at radius 2 is 1.55 bits per heavy atom. The normalized spacial score (nSPS) is 18.5. The quantitative estimate of drug-likeness (QED) is 0.305. The van der Waals surface area contributed by atoms with Crippen LogP contribution in [-0.4, -0.2) is 74.4 Å². The van der Waals surface area contributed by atoms with Crippen molar-refractivity contribution in [3.05, 3.63) is 66.1 Å². The van der Waals surface area contributed by atoms with Gasteiger partial charge in [0.25, 0.3) is 5.91 Å². The van der Waals surface area contributed by atoms with Crippen molar-refractivity contribution < 1.29 is 46.7 Å². The van der Waals surface area contributed by atoms with Crippen molar-refractivity contribution in [2.75, 3.05) is 19.7 Å². The molecule has 254 valence electrons. The van der Waals surface area contributed by atoms with E-state index in [2.05, 4.69) is 10.1 Å². The van der Waals surface area contributed by atoms with E-state index in [0.29, 0.717) is 37.2 Å². The Labute approximate surface area is 270 Å². The lowest BCUT2D eigenvalue weighted by Gasteiger charge is -2.34. The van der Waals surface area contributed by atoms with Gasteiger partial charge in [-0.2, -0.15) is 18.2 Å². The molecule has 2 aliphatic rings. The fourth-order valence-electron chi connectivity index (χ4n) is 5.25. The average molecular weight is 661 g/mol. The van der Waals surface area contributed by atoms with E-state index in [-0.39, 0.29) is 24.2 Å². The lowest BCUT2D eigenvalue weighted by Crippen LogP contribution is -2.49. The molecule has 0 spiro atoms. The molecule has 2 fully saturated rings. The molecule has 1 N–H and O–H groups in total. The van der Waals surface area contributed by atoms with Gasteiger partial charge >= 0.3 is 18.2 Å². The van der Waals surface area contributed by atoms with Gasteiger partial charge in [-0.05, 0) is 83.6 Å². The molecule has 0 radical (unpaired) electrons. The van der Waals surface area contributed by atoms with E-state index in [1.807, 2.05) is 18.2 Å². The number of piperidine rings is 2. The molecular formula is C33H39F3N4O7. The summed E-state index contributed by atoms with van der Waals surface area (Å²) < 4.78 is 54.4. The average Bonchev–Trinajstić information content (AvgIpc) is 3.54. The second-order valence-corrected chi connectivity index (χ2v) is 12.3. The molecule has 47 heavy (non-hydrogen) atoms. The number of alkyl halides is 3. The third-order valence-corrected chi connectivity index (χ3v) is 7.54. The number of hydrogen-bond acceptors (Lipinski definition) is 8. The second-order valence-electron chi connectivity index (χ2n) is 12.3. The van der Waals surface area contributed by atoms with Crippen molar-refractivity contribution in [1.82, 2.24) is 19.9 Å². The molecule has 5 rings (SSSR count). The summed E-state index contributed by atoms with van der Waals surface area (Å²) in [6, 6.07) is 12.5. The van der Waals surface area contributed by atoms with E-state index in [9.17, 15) is 27.6 Å². The summed E-state index contributed by atoms with van der Waals surface area (Å²) >= 11 is 0. The molecule has 0 bridgehead atoms. The zero-order valence-corrected chi connectivity index (χ0v) is 26.5. The van der Waals surface area contributed by atoms with Crippen LogP contribution in [0.3, 0.4) is 0 Å². The molecule has 2 atom stereocenters. The third kappa shape index (κ3) is 9.93. The summed E-state index contributed by atoms with van der Waals surface area (Å²) in [5.41, 5.74) is -0.927. The Bertz CT molecular complexity index is 1490. The minimum atomic E-state index is -4.41. The van der Waals surface area contributed by atoms with Crippen molar-refractivity contribution >= 4 is 18.0 Å². The van der Waals surface area contributed by atoms with Gasteiger partial charge in [-0.25, -0.2) is 9.59 Å². The largest absolute Gasteiger partial charge is 0.484 e. The number of carboxylic acid groups (broad SMARTS) is 1. The highest BCUT2D eigenvalue weighted by Gasteiger charge is 2.35. The zero-order valence-electron chi connectivity index (χ0n) is 26.5. The Balaban J connectivity index is 0.000000264. The molecule has 14 heteroatoms. The van der Waals surface area contributed by atoms with E-state index in [1.54, 1.807) is 37.8 Å². The van der Waals surface area contributed by atoms with Gasteiger partial charge in [0.05, 0.1) is 5.56 Å². The van der Waals surface area contributed by atoms with Crippen LogP contribution in [0.2, 0.25) is 0 Å². The van der Waals surface area contributed by atoms with Crippen molar-refractivity contribution in [2.24, 2.45) is 0 Å². The molecular weight excluding hydrogens is 621 g/mol. The fraction of sp³-hybridized carbons (Fsp3) is 0.485. The summed E-state index contributed by atoms with van der Waals surface area (Å²) in [7, 11) is 0. The summed E-state index contributed by atoms with van der Waals surface area (Å²) in [6.07, 6.45) is -0.343. The van der Waals surface area contributed by atoms with Crippen LogP contribution in [0.15, 0.2) is 59.1 Å². The molecule has 3 heterocycles. The molecule has 0 aliphatic carbocycles. The molecule has 2 amide bonds. The van der Waals surface area contributed by atoms with Crippen LogP contribution in [-0.2, 0) is 20.5 Å². The first kappa shape index (κ1) is 35.2. The van der Waals surface area contributed by atoms with Gasteiger partial charge in [0.2, 0.25) is 11.7 Å². The highest BCUT2D eigenvalue weighted by molar-refractivity contribution is 5.80. The van der Waals surface area contributed by atoms with E-state index in [4.69, 9.17) is 19.1 Å². The summed E-state index contributed by atoms with van der Waals surface area (Å²) in [6.45, 7) is 6.20. The van der Waals surface area contributed by atoms with Crippen LogP contribution in [0, 0.1) is 0 Å². The number of ether oxygens (including phenoxy) is 2. The lowest BCUT2D eigenvalue weighted by atomic mass is 10.0. The topological polar surface area (TPSA) is 135 Å². The first-order chi connectivity index (χ1) is 22.2. The molecule has 0 saturated carbocycles. The number of rotatable bonds is 6. The van der Waals surface area contributed by atoms with E-state index < -0.39 is 41.5 Å². The Hall–Kier alpha value is -4.62. The minimum absolute atomic E-state index is 0.111. The van der Waals surface area contributed by atoms with Crippen molar-refractivity contribution in [3.63, 3.8) is 0 Å². The molecule has 3 aromatic rings. The number of halogens is 3. The fourth-order valence-corrected chi connectivity index (χ4v) is 5.25. The molecule has 2 aliphatic heterocycles. The van der Waals surface area contributed by atoms with Crippen LogP contribution in [0.1, 0.15) is 76.8 Å². The number of hydrogen-bond donors (Lipinski definition) is 1. The molecule has 2 saturated heterocycles. The van der Waals surface area contributed by atoms with Gasteiger partial charge in [0.1, 0.15) is 23.4 Å². The van der Waals surface area contributed by atoms with Gasteiger partial charge in [-0.3, -0.25) is 9.69 Å². The third-order valence-electron chi connectivity index (χ3n) is 7.54. The maximum Gasteiger partial charge on any atom is 0.416 e. The number of aliphatic carboxylic acids is 1. The predicted molar refractivity (Wildman–Crippen MR) is 163 cm³/mol. The highest BCUT2D eigenvalue weighted by Crippen LogP contribution is 2.33. The standard InChI is InChI=1S/C22H20F3N3O3.C11H19NO4/c23-22(24,25)16-11-9-15(10-12-16)20-26-21(31-27-20)18-8-4-5-13-28(18)19(29)14-30-17-6-2-1-3-7-17;1-11(2,3)16-10(15)12-7-5-4-6-8(12)9(13)14/h1-3,6-7,9-12,18H,4-5,8,13-14H2;8H,4-7H2,1-3H3,(H,13,14)/t18-;8-/m11/s1. The predicted octanol–water partition coefficient (Wildman–Crippen LogP) is 6.75. The molecule has 2 aromatic carbocycles. The van der Waals surface area contributed by atoms with Crippen molar-refractivity contribution in [3.8, 4) is 17.1 Å². The number of amides is 2. The number of nitrogens with zero attached hydrogens (tertiary/aromatic N) is 4. The Morgan fingerprint density at radius 3 is 2.17 bits per heavy atom. The van der Waals surface area contributed by atoms with Gasteiger partial charge in [-0.1, -0.05) is 35.5 Å². The summed E-state index contributed by atoms with van der Waals surface area (Å²) in [5.74, 6) is -0.0925. The zero-order chi connectivity index (χ0) is 34.2. The highest BCUT2D eigenvalue weighted by atomic mass is 19.4. The Morgan fingerprint density at radius 1 is 0.915 bits per heavy atom. The number of likely N-dealkylation sites (tertiary alicyclic amines) is 2. The number of para-hydroxylation sites is 1. The second kappa shape index (κ2) is 15.3. The van der Waals surface area contributed by atoms with Crippen LogP contribution in [0.5, 0.6) is 5.75 Å². The SMILES string of the molecule is CC(C)(C)OC(=O)N1CCCC[C@@H]1C(=O)O.O=C(COc1ccccc1)N1CCCC[C@@H]1c1nc(-c2ccc(C(F)(F)F)cc2)no1. The van der Waals surface area contributed by atoms with Crippen LogP contribution < -0.4 is 4.74 Å².